The number of amides is 1. The predicted molar refractivity (Wildman–Crippen MR) is 75.6 cm³/mol. The first kappa shape index (κ1) is 15.3. The maximum absolute atomic E-state index is 12.2. The Hall–Kier alpha value is -1.14. The molecule has 0 unspecified atom stereocenters. The van der Waals surface area contributed by atoms with E-state index in [0.29, 0.717) is 19.5 Å². The van der Waals surface area contributed by atoms with Crippen LogP contribution in [0.2, 0.25) is 0 Å². The molecule has 0 aromatic heterocycles. The SMILES string of the molecule is O=C(O)CN1CCCN(C(=O)CCN2CCCC2)CC1. The first-order valence-electron chi connectivity index (χ1n) is 7.59. The third-order valence-corrected chi connectivity index (χ3v) is 4.14. The van der Waals surface area contributed by atoms with E-state index in [0.717, 1.165) is 39.1 Å². The van der Waals surface area contributed by atoms with Gasteiger partial charge < -0.3 is 14.9 Å². The zero-order valence-electron chi connectivity index (χ0n) is 12.1. The molecule has 6 heteroatoms. The van der Waals surface area contributed by atoms with Crippen LogP contribution in [0.25, 0.3) is 0 Å². The molecule has 20 heavy (non-hydrogen) atoms. The average Bonchev–Trinajstić information content (AvgIpc) is 2.82. The molecular formula is C14H25N3O3. The largest absolute Gasteiger partial charge is 0.480 e. The van der Waals surface area contributed by atoms with Crippen molar-refractivity contribution >= 4 is 11.9 Å². The van der Waals surface area contributed by atoms with E-state index >= 15 is 0 Å². The second kappa shape index (κ2) is 7.59. The second-order valence-electron chi connectivity index (χ2n) is 5.70. The first-order valence-corrected chi connectivity index (χ1v) is 7.59. The Labute approximate surface area is 120 Å². The lowest BCUT2D eigenvalue weighted by atomic mass is 10.3. The van der Waals surface area contributed by atoms with E-state index in [1.165, 1.54) is 12.8 Å². The van der Waals surface area contributed by atoms with Crippen LogP contribution in [0.15, 0.2) is 0 Å². The molecule has 0 aromatic carbocycles. The third-order valence-electron chi connectivity index (χ3n) is 4.14. The Morgan fingerprint density at radius 3 is 2.25 bits per heavy atom. The summed E-state index contributed by atoms with van der Waals surface area (Å²) in [5, 5.41) is 8.81. The minimum absolute atomic E-state index is 0.0792. The maximum atomic E-state index is 12.2. The number of rotatable bonds is 5. The highest BCUT2D eigenvalue weighted by atomic mass is 16.4. The number of nitrogens with zero attached hydrogens (tertiary/aromatic N) is 3. The fourth-order valence-corrected chi connectivity index (χ4v) is 2.99. The minimum atomic E-state index is -0.793. The van der Waals surface area contributed by atoms with Gasteiger partial charge in [-0.3, -0.25) is 14.5 Å². The van der Waals surface area contributed by atoms with Gasteiger partial charge in [-0.1, -0.05) is 0 Å². The predicted octanol–water partition coefficient (Wildman–Crippen LogP) is 0.0912. The fourth-order valence-electron chi connectivity index (χ4n) is 2.99. The van der Waals surface area contributed by atoms with Gasteiger partial charge in [0.25, 0.3) is 0 Å². The van der Waals surface area contributed by atoms with Crippen LogP contribution in [-0.4, -0.2) is 84.0 Å². The van der Waals surface area contributed by atoms with Crippen LogP contribution in [0.3, 0.4) is 0 Å². The van der Waals surface area contributed by atoms with Crippen LogP contribution in [0.5, 0.6) is 0 Å². The van der Waals surface area contributed by atoms with Gasteiger partial charge in [0.05, 0.1) is 6.54 Å². The normalized spacial score (nSPS) is 21.9. The summed E-state index contributed by atoms with van der Waals surface area (Å²) in [4.78, 5) is 29.1. The average molecular weight is 283 g/mol. The number of carboxylic acid groups (broad SMARTS) is 1. The van der Waals surface area contributed by atoms with Gasteiger partial charge in [-0.2, -0.15) is 0 Å². The lowest BCUT2D eigenvalue weighted by Gasteiger charge is -2.22. The summed E-state index contributed by atoms with van der Waals surface area (Å²) in [6, 6.07) is 0. The summed E-state index contributed by atoms with van der Waals surface area (Å²) in [5.74, 6) is -0.576. The Bertz CT molecular complexity index is 343. The highest BCUT2D eigenvalue weighted by Crippen LogP contribution is 2.09. The molecule has 1 N–H and O–H groups in total. The van der Waals surface area contributed by atoms with Gasteiger partial charge in [-0.05, 0) is 32.4 Å². The molecule has 2 aliphatic rings. The van der Waals surface area contributed by atoms with Crippen LogP contribution in [0.4, 0.5) is 0 Å². The molecule has 6 nitrogen and oxygen atoms in total. The molecule has 114 valence electrons. The van der Waals surface area contributed by atoms with Crippen LogP contribution in [-0.2, 0) is 9.59 Å². The third kappa shape index (κ3) is 4.76. The molecule has 2 heterocycles. The number of carboxylic acids is 1. The molecule has 2 fully saturated rings. The second-order valence-corrected chi connectivity index (χ2v) is 5.70. The van der Waals surface area contributed by atoms with Gasteiger partial charge in [0.15, 0.2) is 0 Å². The molecule has 0 saturated carbocycles. The Morgan fingerprint density at radius 2 is 1.55 bits per heavy atom. The van der Waals surface area contributed by atoms with Crippen molar-refractivity contribution in [3.63, 3.8) is 0 Å². The molecule has 1 amide bonds. The van der Waals surface area contributed by atoms with Crippen molar-refractivity contribution in [3.8, 4) is 0 Å². The summed E-state index contributed by atoms with van der Waals surface area (Å²) in [6.07, 6.45) is 3.96. The molecule has 2 rings (SSSR count). The number of aliphatic carboxylic acids is 1. The zero-order chi connectivity index (χ0) is 14.4. The van der Waals surface area contributed by atoms with Crippen molar-refractivity contribution in [2.45, 2.75) is 25.7 Å². The highest BCUT2D eigenvalue weighted by molar-refractivity contribution is 5.76. The maximum Gasteiger partial charge on any atom is 0.317 e. The Balaban J connectivity index is 1.71. The van der Waals surface area contributed by atoms with Gasteiger partial charge in [0, 0.05) is 39.1 Å². The molecule has 0 aromatic rings. The number of carbonyl (C=O) groups is 2. The van der Waals surface area contributed by atoms with Crippen LogP contribution < -0.4 is 0 Å². The van der Waals surface area contributed by atoms with Crippen molar-refractivity contribution in [2.24, 2.45) is 0 Å². The quantitative estimate of drug-likeness (QED) is 0.775. The molecule has 0 aliphatic carbocycles. The molecule has 0 spiro atoms. The van der Waals surface area contributed by atoms with E-state index in [4.69, 9.17) is 5.11 Å². The van der Waals surface area contributed by atoms with E-state index in [1.54, 1.807) is 0 Å². The fraction of sp³-hybridized carbons (Fsp3) is 0.857. The smallest absolute Gasteiger partial charge is 0.317 e. The number of hydrogen-bond donors (Lipinski definition) is 1. The number of likely N-dealkylation sites (tertiary alicyclic amines) is 1. The summed E-state index contributed by atoms with van der Waals surface area (Å²) < 4.78 is 0. The van der Waals surface area contributed by atoms with Crippen molar-refractivity contribution in [3.05, 3.63) is 0 Å². The molecule has 0 bridgehead atoms. The van der Waals surface area contributed by atoms with Crippen LogP contribution >= 0.6 is 0 Å². The Morgan fingerprint density at radius 1 is 0.850 bits per heavy atom. The molecular weight excluding hydrogens is 258 g/mol. The highest BCUT2D eigenvalue weighted by Gasteiger charge is 2.21. The first-order chi connectivity index (χ1) is 9.65. The Kier molecular flexibility index (Phi) is 5.79. The lowest BCUT2D eigenvalue weighted by molar-refractivity contribution is -0.138. The molecule has 2 aliphatic heterocycles. The molecule has 0 radical (unpaired) electrons. The van der Waals surface area contributed by atoms with Gasteiger partial charge >= 0.3 is 5.97 Å². The zero-order valence-corrected chi connectivity index (χ0v) is 12.1. The van der Waals surface area contributed by atoms with E-state index in [2.05, 4.69) is 4.90 Å². The van der Waals surface area contributed by atoms with Crippen molar-refractivity contribution in [1.82, 2.24) is 14.7 Å². The summed E-state index contributed by atoms with van der Waals surface area (Å²) in [6.45, 7) is 6.05. The van der Waals surface area contributed by atoms with E-state index in [9.17, 15) is 9.59 Å². The van der Waals surface area contributed by atoms with Gasteiger partial charge in [0.1, 0.15) is 0 Å². The summed E-state index contributed by atoms with van der Waals surface area (Å²) in [7, 11) is 0. The molecule has 0 atom stereocenters. The number of carbonyl (C=O) groups excluding carboxylic acids is 1. The topological polar surface area (TPSA) is 64.1 Å². The van der Waals surface area contributed by atoms with E-state index in [1.807, 2.05) is 9.80 Å². The number of hydrogen-bond acceptors (Lipinski definition) is 4. The van der Waals surface area contributed by atoms with Crippen molar-refractivity contribution in [2.75, 3.05) is 52.4 Å². The minimum Gasteiger partial charge on any atom is -0.480 e. The monoisotopic (exact) mass is 283 g/mol. The summed E-state index contributed by atoms with van der Waals surface area (Å²) in [5.41, 5.74) is 0. The van der Waals surface area contributed by atoms with Crippen LogP contribution in [0, 0.1) is 0 Å². The van der Waals surface area contributed by atoms with E-state index in [-0.39, 0.29) is 12.5 Å². The van der Waals surface area contributed by atoms with Crippen LogP contribution in [0.1, 0.15) is 25.7 Å². The van der Waals surface area contributed by atoms with Crippen molar-refractivity contribution < 1.29 is 14.7 Å². The lowest BCUT2D eigenvalue weighted by Crippen LogP contribution is -2.38. The molecule has 2 saturated heterocycles. The van der Waals surface area contributed by atoms with Gasteiger partial charge in [-0.15, -0.1) is 0 Å². The standard InChI is InChI=1S/C14H25N3O3/c18-13(4-9-15-5-1-2-6-15)17-8-3-7-16(10-11-17)12-14(19)20/h1-12H2,(H,19,20). The summed E-state index contributed by atoms with van der Waals surface area (Å²) >= 11 is 0. The van der Waals surface area contributed by atoms with Gasteiger partial charge in [-0.25, -0.2) is 0 Å². The van der Waals surface area contributed by atoms with Crippen molar-refractivity contribution in [1.29, 1.82) is 0 Å². The van der Waals surface area contributed by atoms with E-state index < -0.39 is 5.97 Å². The van der Waals surface area contributed by atoms with Gasteiger partial charge in [0.2, 0.25) is 5.91 Å².